The summed E-state index contributed by atoms with van der Waals surface area (Å²) in [6.07, 6.45) is 3.27. The summed E-state index contributed by atoms with van der Waals surface area (Å²) < 4.78 is 11.6. The zero-order chi connectivity index (χ0) is 40.8. The van der Waals surface area contributed by atoms with Gasteiger partial charge in [-0.2, -0.15) is 4.90 Å². The van der Waals surface area contributed by atoms with Gasteiger partial charge >= 0.3 is 11.8 Å². The van der Waals surface area contributed by atoms with Gasteiger partial charge in [0.25, 0.3) is 0 Å². The van der Waals surface area contributed by atoms with E-state index < -0.39 is 29.1 Å². The van der Waals surface area contributed by atoms with Crippen molar-refractivity contribution in [2.45, 2.75) is 17.9 Å². The Morgan fingerprint density at radius 1 is 0.672 bits per heavy atom. The van der Waals surface area contributed by atoms with Crippen LogP contribution in [0.3, 0.4) is 0 Å². The number of aliphatic hydroxyl groups excluding tert-OH is 2. The molecule has 4 amide bonds. The summed E-state index contributed by atoms with van der Waals surface area (Å²) in [7, 11) is 0. The van der Waals surface area contributed by atoms with E-state index in [1.165, 1.54) is 32.0 Å². The number of likely N-dealkylation sites (tertiary alicyclic amines) is 1. The minimum atomic E-state index is -0.737. The second kappa shape index (κ2) is 17.8. The Balaban J connectivity index is 0.000000151. The van der Waals surface area contributed by atoms with E-state index in [4.69, 9.17) is 26.0 Å². The van der Waals surface area contributed by atoms with Crippen molar-refractivity contribution in [2.24, 2.45) is 23.3 Å². The number of aliphatic hydroxyl groups is 2. The molecule has 0 saturated carbocycles. The minimum absolute atomic E-state index is 0.0316. The van der Waals surface area contributed by atoms with Gasteiger partial charge in [-0.1, -0.05) is 97.1 Å². The molecule has 2 heterocycles. The molecule has 6 N–H and O–H groups in total. The molecule has 1 saturated heterocycles. The highest BCUT2D eigenvalue weighted by Gasteiger charge is 2.68. The van der Waals surface area contributed by atoms with Crippen LogP contribution in [-0.4, -0.2) is 103 Å². The van der Waals surface area contributed by atoms with Gasteiger partial charge in [-0.05, 0) is 55.4 Å². The van der Waals surface area contributed by atoms with Crippen LogP contribution < -0.4 is 11.5 Å². The number of hydrogen-bond donors (Lipinski definition) is 4. The second-order valence-electron chi connectivity index (χ2n) is 14.5. The van der Waals surface area contributed by atoms with Crippen LogP contribution in [0.2, 0.25) is 0 Å². The van der Waals surface area contributed by atoms with Crippen molar-refractivity contribution in [1.82, 2.24) is 9.80 Å². The molecule has 12 nitrogen and oxygen atoms in total. The van der Waals surface area contributed by atoms with Gasteiger partial charge in [-0.15, -0.1) is 4.79 Å². The molecule has 298 valence electrons. The van der Waals surface area contributed by atoms with Gasteiger partial charge in [-0.25, -0.2) is 4.79 Å². The number of ether oxygens (including phenoxy) is 2. The van der Waals surface area contributed by atoms with Gasteiger partial charge in [0.1, 0.15) is 0 Å². The van der Waals surface area contributed by atoms with E-state index >= 15 is 0 Å². The lowest BCUT2D eigenvalue weighted by atomic mass is 9.47. The predicted molar refractivity (Wildman–Crippen MR) is 218 cm³/mol. The number of β-amino-alcohol motifs (C(OH)–C–C–N with tert-alkyl or cyclic N) is 2. The van der Waals surface area contributed by atoms with Crippen molar-refractivity contribution in [3.8, 4) is 0 Å². The van der Waals surface area contributed by atoms with Crippen molar-refractivity contribution in [3.05, 3.63) is 143 Å². The van der Waals surface area contributed by atoms with Crippen LogP contribution in [-0.2, 0) is 40.7 Å². The van der Waals surface area contributed by atoms with Gasteiger partial charge in [0.2, 0.25) is 17.9 Å². The van der Waals surface area contributed by atoms with E-state index in [0.717, 1.165) is 33.2 Å². The van der Waals surface area contributed by atoms with Crippen LogP contribution in [0.5, 0.6) is 0 Å². The fraction of sp³-hybridized carbons (Fsp3) is 0.304. The molecule has 0 spiro atoms. The van der Waals surface area contributed by atoms with Crippen molar-refractivity contribution in [1.29, 1.82) is 0 Å². The van der Waals surface area contributed by atoms with E-state index in [2.05, 4.69) is 84.9 Å². The molecule has 3 aliphatic carbocycles. The van der Waals surface area contributed by atoms with E-state index in [1.807, 2.05) is 24.3 Å². The first-order valence-electron chi connectivity index (χ1n) is 19.5. The van der Waals surface area contributed by atoms with E-state index in [1.54, 1.807) is 0 Å². The number of rotatable bonds is 12. The lowest BCUT2D eigenvalue weighted by molar-refractivity contribution is -0.141. The maximum Gasteiger partial charge on any atom is 0.416 e. The zero-order valence-electron chi connectivity index (χ0n) is 32.1. The molecule has 12 heteroatoms. The molecule has 5 aromatic carbocycles. The van der Waals surface area contributed by atoms with Crippen LogP contribution in [0, 0.1) is 17.9 Å². The molecule has 2 aliphatic heterocycles. The van der Waals surface area contributed by atoms with Crippen LogP contribution in [0.25, 0.3) is 21.5 Å². The first kappa shape index (κ1) is 40.5. The summed E-state index contributed by atoms with van der Waals surface area (Å²) in [6.45, 7) is 2.47. The average molecular weight is 784 g/mol. The van der Waals surface area contributed by atoms with Crippen LogP contribution >= 0.6 is 0 Å². The summed E-state index contributed by atoms with van der Waals surface area (Å²) in [5.74, 6) is -2.44. The predicted octanol–water partition coefficient (Wildman–Crippen LogP) is 3.18. The summed E-state index contributed by atoms with van der Waals surface area (Å²) in [5, 5.41) is 22.9. The number of carbonyl (C=O) groups excluding carboxylic acids is 4. The van der Waals surface area contributed by atoms with Crippen molar-refractivity contribution in [3.63, 3.8) is 0 Å². The molecule has 58 heavy (non-hydrogen) atoms. The molecule has 2 atom stereocenters. The maximum absolute atomic E-state index is 13.5. The van der Waals surface area contributed by atoms with Gasteiger partial charge < -0.3 is 31.2 Å². The van der Waals surface area contributed by atoms with E-state index in [0.29, 0.717) is 32.9 Å². The molecule has 10 rings (SSSR count). The topological polar surface area (TPSA) is 186 Å². The Morgan fingerprint density at radius 2 is 1.21 bits per heavy atom. The van der Waals surface area contributed by atoms with Crippen LogP contribution in [0.4, 0.5) is 0 Å². The SMILES string of the molecule is NCCOCC12c3ccccc3C(c3ccccc31)C1C(=O)N(CCO)C(=O)C12.NCCOCc1c2ccccc2cc2ccccc12.O=C1[C+]=CC(=O)N1CCO. The van der Waals surface area contributed by atoms with Crippen LogP contribution in [0.1, 0.15) is 33.7 Å². The van der Waals surface area contributed by atoms with Crippen molar-refractivity contribution < 1.29 is 38.9 Å². The number of benzene rings is 5. The molecule has 5 aromatic rings. The molecule has 2 unspecified atom stereocenters. The molecule has 2 bridgehead atoms. The second-order valence-corrected chi connectivity index (χ2v) is 14.5. The average Bonchev–Trinajstić information content (AvgIpc) is 3.71. The number of nitrogens with zero attached hydrogens (tertiary/aromatic N) is 2. The first-order chi connectivity index (χ1) is 28.3. The van der Waals surface area contributed by atoms with Gasteiger partial charge in [-0.3, -0.25) is 14.5 Å². The highest BCUT2D eigenvalue weighted by Crippen LogP contribution is 2.64. The Labute approximate surface area is 336 Å². The van der Waals surface area contributed by atoms with E-state index in [-0.39, 0.29) is 50.6 Å². The monoisotopic (exact) mass is 783 g/mol. The standard InChI is InChI=1S/C23H24N2O4.C17H17NO.C6H6NO3/c24-9-12-29-13-23-16-7-3-1-5-14(16)18(15-6-2-4-8-17(15)23)19-20(23)22(28)25(10-11-26)21(19)27;18-9-10-19-12-17-15-7-3-1-5-13(15)11-14-6-2-4-8-16(14)17;8-4-3-7-5(9)1-2-6(7)10/h1-8,18-20,26H,9-13,24H2;1-8,11H,9-10,12,18H2;1,8H,3-4H2/q;;+1. The van der Waals surface area contributed by atoms with Crippen molar-refractivity contribution >= 4 is 45.2 Å². The fourth-order valence-electron chi connectivity index (χ4n) is 9.08. The summed E-state index contributed by atoms with van der Waals surface area (Å²) in [6, 6.07) is 35.3. The maximum atomic E-state index is 13.5. The van der Waals surface area contributed by atoms with Gasteiger partial charge in [0.15, 0.2) is 6.08 Å². The minimum Gasteiger partial charge on any atom is -0.395 e. The van der Waals surface area contributed by atoms with Gasteiger partial charge in [0, 0.05) is 19.0 Å². The largest absolute Gasteiger partial charge is 0.416 e. The highest BCUT2D eigenvalue weighted by atomic mass is 16.5. The lowest BCUT2D eigenvalue weighted by Gasteiger charge is -2.54. The third-order valence-corrected chi connectivity index (χ3v) is 11.3. The molecule has 0 radical (unpaired) electrons. The Kier molecular flexibility index (Phi) is 12.5. The Morgan fingerprint density at radius 3 is 1.76 bits per heavy atom. The molecule has 0 aromatic heterocycles. The Bertz CT molecular complexity index is 2240. The summed E-state index contributed by atoms with van der Waals surface area (Å²) in [4.78, 5) is 50.3. The first-order valence-corrected chi connectivity index (χ1v) is 19.5. The smallest absolute Gasteiger partial charge is 0.395 e. The van der Waals surface area contributed by atoms with Crippen LogP contribution in [0.15, 0.2) is 109 Å². The normalized spacial score (nSPS) is 21.0. The number of imide groups is 2. The number of nitrogens with two attached hydrogens (primary N) is 2. The lowest BCUT2D eigenvalue weighted by Crippen LogP contribution is -2.56. The fourth-order valence-corrected chi connectivity index (χ4v) is 9.08. The third-order valence-electron chi connectivity index (χ3n) is 11.3. The number of hydrogen-bond acceptors (Lipinski definition) is 10. The number of carbonyl (C=O) groups is 4. The van der Waals surface area contributed by atoms with E-state index in [9.17, 15) is 24.3 Å². The number of fused-ring (bicyclic) bond motifs is 2. The van der Waals surface area contributed by atoms with Gasteiger partial charge in [0.05, 0.1) is 70.0 Å². The zero-order valence-corrected chi connectivity index (χ0v) is 32.1. The highest BCUT2D eigenvalue weighted by molar-refractivity contribution is 6.10. The molecule has 1 fully saturated rings. The quantitative estimate of drug-likeness (QED) is 0.0634. The summed E-state index contributed by atoms with van der Waals surface area (Å²) in [5.41, 5.74) is 16.0. The molecular formula is C46H47N4O8+. The molecule has 5 aliphatic rings. The van der Waals surface area contributed by atoms with Crippen molar-refractivity contribution in [2.75, 3.05) is 59.2 Å². The summed E-state index contributed by atoms with van der Waals surface area (Å²) >= 11 is 0. The molecular weight excluding hydrogens is 737 g/mol. The Hall–Kier alpha value is -5.69. The third kappa shape index (κ3) is 7.20. The number of amides is 4.